The fourth-order valence-corrected chi connectivity index (χ4v) is 4.61. The van der Waals surface area contributed by atoms with Crippen LogP contribution in [0, 0.1) is 0 Å². The molecular formula is C14H26N2O4S. The van der Waals surface area contributed by atoms with Gasteiger partial charge in [-0.15, -0.1) is 0 Å². The summed E-state index contributed by atoms with van der Waals surface area (Å²) >= 11 is 0. The van der Waals surface area contributed by atoms with Crippen molar-refractivity contribution in [3.8, 4) is 0 Å². The van der Waals surface area contributed by atoms with E-state index in [2.05, 4.69) is 0 Å². The average Bonchev–Trinajstić information content (AvgIpc) is 2.91. The third-order valence-corrected chi connectivity index (χ3v) is 5.81. The summed E-state index contributed by atoms with van der Waals surface area (Å²) in [5.74, 6) is -0.0411. The van der Waals surface area contributed by atoms with Crippen molar-refractivity contribution in [1.82, 2.24) is 9.21 Å². The van der Waals surface area contributed by atoms with Crippen molar-refractivity contribution in [2.24, 2.45) is 0 Å². The van der Waals surface area contributed by atoms with Crippen LogP contribution in [-0.4, -0.2) is 66.7 Å². The molecule has 2 fully saturated rings. The molecule has 2 saturated heterocycles. The van der Waals surface area contributed by atoms with Gasteiger partial charge in [-0.1, -0.05) is 6.42 Å². The number of aliphatic hydroxyl groups is 1. The standard InChI is InChI=1S/C14H26N2O4S/c1-21(19,20)16-10-3-2-8-13(16)14(18)15-9-4-6-12(15)7-5-11-17/h12-13,17H,2-11H2,1H3. The molecule has 2 atom stereocenters. The van der Waals surface area contributed by atoms with Crippen molar-refractivity contribution in [3.05, 3.63) is 0 Å². The first-order valence-electron chi connectivity index (χ1n) is 7.83. The number of sulfonamides is 1. The number of carbonyl (C=O) groups excluding carboxylic acids is 1. The Morgan fingerprint density at radius 2 is 1.95 bits per heavy atom. The summed E-state index contributed by atoms with van der Waals surface area (Å²) in [6.45, 7) is 1.30. The highest BCUT2D eigenvalue weighted by Crippen LogP contribution is 2.27. The third kappa shape index (κ3) is 3.96. The van der Waals surface area contributed by atoms with Gasteiger partial charge in [0.05, 0.1) is 6.26 Å². The van der Waals surface area contributed by atoms with E-state index < -0.39 is 16.1 Å². The van der Waals surface area contributed by atoms with Gasteiger partial charge in [-0.05, 0) is 38.5 Å². The number of nitrogens with zero attached hydrogens (tertiary/aromatic N) is 2. The van der Waals surface area contributed by atoms with Gasteiger partial charge in [0.25, 0.3) is 0 Å². The van der Waals surface area contributed by atoms with E-state index in [1.165, 1.54) is 10.6 Å². The van der Waals surface area contributed by atoms with Gasteiger partial charge in [0.15, 0.2) is 0 Å². The summed E-state index contributed by atoms with van der Waals surface area (Å²) < 4.78 is 25.2. The van der Waals surface area contributed by atoms with E-state index in [1.807, 2.05) is 4.90 Å². The molecule has 2 aliphatic rings. The molecule has 0 spiro atoms. The van der Waals surface area contributed by atoms with Crippen LogP contribution < -0.4 is 0 Å². The molecule has 2 rings (SSSR count). The predicted octanol–water partition coefficient (Wildman–Crippen LogP) is 0.564. The molecule has 0 saturated carbocycles. The summed E-state index contributed by atoms with van der Waals surface area (Å²) in [7, 11) is -3.34. The van der Waals surface area contributed by atoms with Crippen LogP contribution in [0.5, 0.6) is 0 Å². The van der Waals surface area contributed by atoms with Crippen molar-refractivity contribution >= 4 is 15.9 Å². The van der Waals surface area contributed by atoms with Crippen LogP contribution in [0.3, 0.4) is 0 Å². The molecule has 21 heavy (non-hydrogen) atoms. The zero-order valence-electron chi connectivity index (χ0n) is 12.7. The number of hydrogen-bond donors (Lipinski definition) is 1. The van der Waals surface area contributed by atoms with E-state index >= 15 is 0 Å². The Morgan fingerprint density at radius 3 is 2.62 bits per heavy atom. The van der Waals surface area contributed by atoms with Crippen LogP contribution in [0.1, 0.15) is 44.9 Å². The predicted molar refractivity (Wildman–Crippen MR) is 80.2 cm³/mol. The second-order valence-corrected chi connectivity index (χ2v) is 8.01. The lowest BCUT2D eigenvalue weighted by atomic mass is 10.0. The van der Waals surface area contributed by atoms with Crippen molar-refractivity contribution in [2.45, 2.75) is 57.0 Å². The highest BCUT2D eigenvalue weighted by molar-refractivity contribution is 7.88. The summed E-state index contributed by atoms with van der Waals surface area (Å²) in [6.07, 6.45) is 6.94. The molecule has 1 N–H and O–H groups in total. The lowest BCUT2D eigenvalue weighted by Crippen LogP contribution is -2.53. The highest BCUT2D eigenvalue weighted by Gasteiger charge is 2.39. The van der Waals surface area contributed by atoms with Gasteiger partial charge in [0.1, 0.15) is 6.04 Å². The smallest absolute Gasteiger partial charge is 0.241 e. The van der Waals surface area contributed by atoms with E-state index in [0.29, 0.717) is 25.9 Å². The van der Waals surface area contributed by atoms with Gasteiger partial charge < -0.3 is 10.0 Å². The van der Waals surface area contributed by atoms with Gasteiger partial charge in [-0.2, -0.15) is 4.31 Å². The maximum Gasteiger partial charge on any atom is 0.241 e. The van der Waals surface area contributed by atoms with Crippen LogP contribution in [0.25, 0.3) is 0 Å². The SMILES string of the molecule is CS(=O)(=O)N1CCCCC1C(=O)N1CCCC1CCCO. The van der Waals surface area contributed by atoms with Crippen molar-refractivity contribution in [1.29, 1.82) is 0 Å². The molecule has 0 aromatic heterocycles. The minimum Gasteiger partial charge on any atom is -0.396 e. The molecular weight excluding hydrogens is 292 g/mol. The Morgan fingerprint density at radius 1 is 1.19 bits per heavy atom. The zero-order chi connectivity index (χ0) is 15.5. The molecule has 2 unspecified atom stereocenters. The van der Waals surface area contributed by atoms with E-state index in [9.17, 15) is 13.2 Å². The van der Waals surface area contributed by atoms with Crippen LogP contribution >= 0.6 is 0 Å². The number of likely N-dealkylation sites (tertiary alicyclic amines) is 1. The minimum atomic E-state index is -3.34. The molecule has 7 heteroatoms. The molecule has 0 radical (unpaired) electrons. The summed E-state index contributed by atoms with van der Waals surface area (Å²) in [6, 6.07) is -0.364. The third-order valence-electron chi connectivity index (χ3n) is 4.52. The Balaban J connectivity index is 2.09. The van der Waals surface area contributed by atoms with E-state index in [-0.39, 0.29) is 18.6 Å². The maximum absolute atomic E-state index is 12.8. The summed E-state index contributed by atoms with van der Waals surface area (Å²) in [5, 5.41) is 8.96. The zero-order valence-corrected chi connectivity index (χ0v) is 13.5. The van der Waals surface area contributed by atoms with E-state index in [0.717, 1.165) is 32.1 Å². The number of rotatable bonds is 5. The van der Waals surface area contributed by atoms with Crippen molar-refractivity contribution in [2.75, 3.05) is 26.0 Å². The molecule has 2 heterocycles. The Labute approximate surface area is 127 Å². The summed E-state index contributed by atoms with van der Waals surface area (Å²) in [5.41, 5.74) is 0. The fraction of sp³-hybridized carbons (Fsp3) is 0.929. The second-order valence-electron chi connectivity index (χ2n) is 6.08. The molecule has 1 amide bonds. The quantitative estimate of drug-likeness (QED) is 0.803. The average molecular weight is 318 g/mol. The van der Waals surface area contributed by atoms with Crippen LogP contribution in [0.2, 0.25) is 0 Å². The number of hydrogen-bond acceptors (Lipinski definition) is 4. The largest absolute Gasteiger partial charge is 0.396 e. The highest BCUT2D eigenvalue weighted by atomic mass is 32.2. The Hall–Kier alpha value is -0.660. The van der Waals surface area contributed by atoms with Gasteiger partial charge in [0.2, 0.25) is 15.9 Å². The molecule has 122 valence electrons. The van der Waals surface area contributed by atoms with Crippen LogP contribution in [0.15, 0.2) is 0 Å². The Kier molecular flexibility index (Phi) is 5.62. The van der Waals surface area contributed by atoms with Crippen LogP contribution in [-0.2, 0) is 14.8 Å². The Bertz CT molecular complexity index is 466. The first kappa shape index (κ1) is 16.7. The first-order chi connectivity index (χ1) is 9.95. The normalized spacial score (nSPS) is 28.0. The lowest BCUT2D eigenvalue weighted by Gasteiger charge is -2.36. The molecule has 0 aromatic rings. The monoisotopic (exact) mass is 318 g/mol. The molecule has 6 nitrogen and oxygen atoms in total. The number of aliphatic hydroxyl groups excluding tert-OH is 1. The minimum absolute atomic E-state index is 0.0411. The number of amides is 1. The van der Waals surface area contributed by atoms with Gasteiger partial charge in [0, 0.05) is 25.7 Å². The fourth-order valence-electron chi connectivity index (χ4n) is 3.49. The molecule has 0 bridgehead atoms. The first-order valence-corrected chi connectivity index (χ1v) is 9.68. The lowest BCUT2D eigenvalue weighted by molar-refractivity contribution is -0.137. The molecule has 0 aromatic carbocycles. The topological polar surface area (TPSA) is 77.9 Å². The van der Waals surface area contributed by atoms with Crippen molar-refractivity contribution in [3.63, 3.8) is 0 Å². The second kappa shape index (κ2) is 7.07. The van der Waals surface area contributed by atoms with Crippen molar-refractivity contribution < 1.29 is 18.3 Å². The maximum atomic E-state index is 12.8. The van der Waals surface area contributed by atoms with E-state index in [1.54, 1.807) is 0 Å². The number of piperidine rings is 1. The molecule has 0 aliphatic carbocycles. The summed E-state index contributed by atoms with van der Waals surface area (Å²) in [4.78, 5) is 14.6. The van der Waals surface area contributed by atoms with Gasteiger partial charge >= 0.3 is 0 Å². The number of carbonyl (C=O) groups is 1. The van der Waals surface area contributed by atoms with Gasteiger partial charge in [-0.3, -0.25) is 4.79 Å². The van der Waals surface area contributed by atoms with Crippen LogP contribution in [0.4, 0.5) is 0 Å². The van der Waals surface area contributed by atoms with Gasteiger partial charge in [-0.25, -0.2) is 8.42 Å². The van der Waals surface area contributed by atoms with E-state index in [4.69, 9.17) is 5.11 Å². The molecule has 2 aliphatic heterocycles.